The number of pyridine rings is 1. The van der Waals surface area contributed by atoms with Gasteiger partial charge in [-0.05, 0) is 37.1 Å². The number of nitrogens with zero attached hydrogens (tertiary/aromatic N) is 3. The average molecular weight is 244 g/mol. The van der Waals surface area contributed by atoms with Crippen molar-refractivity contribution in [3.05, 3.63) is 29.6 Å². The summed E-state index contributed by atoms with van der Waals surface area (Å²) in [6.07, 6.45) is 3.57. The van der Waals surface area contributed by atoms with E-state index in [1.165, 1.54) is 0 Å². The van der Waals surface area contributed by atoms with E-state index in [2.05, 4.69) is 15.2 Å². The van der Waals surface area contributed by atoms with E-state index in [0.29, 0.717) is 12.2 Å². The molecule has 1 fully saturated rings. The lowest BCUT2D eigenvalue weighted by Gasteiger charge is -2.22. The largest absolute Gasteiger partial charge is 0.358 e. The number of likely N-dealkylation sites (tertiary alicyclic amines) is 1. The summed E-state index contributed by atoms with van der Waals surface area (Å²) >= 11 is 0. The summed E-state index contributed by atoms with van der Waals surface area (Å²) in [7, 11) is 1.67. The molecule has 0 spiro atoms. The molecule has 1 amide bonds. The minimum Gasteiger partial charge on any atom is -0.358 e. The SMILES string of the molecule is CNC(=O)C1CCCN1Cc1ccnc(C#N)c1. The van der Waals surface area contributed by atoms with E-state index in [-0.39, 0.29) is 11.9 Å². The summed E-state index contributed by atoms with van der Waals surface area (Å²) in [6, 6.07) is 5.65. The summed E-state index contributed by atoms with van der Waals surface area (Å²) < 4.78 is 0. The standard InChI is InChI=1S/C13H16N4O/c1-15-13(18)12-3-2-6-17(12)9-10-4-5-16-11(7-10)8-14/h4-5,7,12H,2-3,6,9H2,1H3,(H,15,18). The molecule has 1 atom stereocenters. The van der Waals surface area contributed by atoms with Gasteiger partial charge in [0.1, 0.15) is 11.8 Å². The normalized spacial score (nSPS) is 19.4. The predicted octanol–water partition coefficient (Wildman–Crippen LogP) is 0.664. The molecular weight excluding hydrogens is 228 g/mol. The third-order valence-corrected chi connectivity index (χ3v) is 3.24. The zero-order valence-corrected chi connectivity index (χ0v) is 10.4. The number of nitrogens with one attached hydrogen (secondary N) is 1. The molecule has 5 heteroatoms. The average Bonchev–Trinajstić information content (AvgIpc) is 2.86. The topological polar surface area (TPSA) is 69.0 Å². The van der Waals surface area contributed by atoms with Crippen molar-refractivity contribution in [3.8, 4) is 6.07 Å². The summed E-state index contributed by atoms with van der Waals surface area (Å²) in [5.41, 5.74) is 1.44. The molecule has 1 unspecified atom stereocenters. The molecule has 1 aliphatic rings. The van der Waals surface area contributed by atoms with Gasteiger partial charge in [-0.3, -0.25) is 9.69 Å². The maximum Gasteiger partial charge on any atom is 0.237 e. The highest BCUT2D eigenvalue weighted by molar-refractivity contribution is 5.81. The fourth-order valence-electron chi connectivity index (χ4n) is 2.35. The second kappa shape index (κ2) is 5.61. The zero-order valence-electron chi connectivity index (χ0n) is 10.4. The molecule has 5 nitrogen and oxygen atoms in total. The number of carbonyl (C=O) groups excluding carboxylic acids is 1. The minimum atomic E-state index is -0.0475. The number of aromatic nitrogens is 1. The molecule has 0 aromatic carbocycles. The molecule has 18 heavy (non-hydrogen) atoms. The molecule has 2 heterocycles. The third kappa shape index (κ3) is 2.66. The molecule has 0 bridgehead atoms. The van der Waals surface area contributed by atoms with Gasteiger partial charge in [-0.25, -0.2) is 4.98 Å². The second-order valence-corrected chi connectivity index (χ2v) is 4.40. The van der Waals surface area contributed by atoms with Gasteiger partial charge < -0.3 is 5.32 Å². The Hall–Kier alpha value is -1.93. The summed E-state index contributed by atoms with van der Waals surface area (Å²) in [6.45, 7) is 1.61. The maximum absolute atomic E-state index is 11.7. The van der Waals surface area contributed by atoms with Gasteiger partial charge in [-0.15, -0.1) is 0 Å². The van der Waals surface area contributed by atoms with Gasteiger partial charge in [-0.1, -0.05) is 0 Å². The van der Waals surface area contributed by atoms with Crippen LogP contribution in [0.3, 0.4) is 0 Å². The van der Waals surface area contributed by atoms with Crippen LogP contribution in [0.5, 0.6) is 0 Å². The third-order valence-electron chi connectivity index (χ3n) is 3.24. The number of rotatable bonds is 3. The fraction of sp³-hybridized carbons (Fsp3) is 0.462. The molecule has 1 saturated heterocycles. The lowest BCUT2D eigenvalue weighted by atomic mass is 10.2. The lowest BCUT2D eigenvalue weighted by molar-refractivity contribution is -0.125. The van der Waals surface area contributed by atoms with Crippen LogP contribution >= 0.6 is 0 Å². The van der Waals surface area contributed by atoms with Crippen molar-refractivity contribution in [2.24, 2.45) is 0 Å². The van der Waals surface area contributed by atoms with Gasteiger partial charge in [-0.2, -0.15) is 5.26 Å². The highest BCUT2D eigenvalue weighted by Gasteiger charge is 2.29. The summed E-state index contributed by atoms with van der Waals surface area (Å²) in [4.78, 5) is 17.8. The number of hydrogen-bond acceptors (Lipinski definition) is 4. The van der Waals surface area contributed by atoms with Gasteiger partial charge in [0.2, 0.25) is 5.91 Å². The van der Waals surface area contributed by atoms with E-state index in [1.807, 2.05) is 12.1 Å². The van der Waals surface area contributed by atoms with Crippen LogP contribution in [-0.2, 0) is 11.3 Å². The van der Waals surface area contributed by atoms with Crippen LogP contribution in [-0.4, -0.2) is 35.4 Å². The Morgan fingerprint density at radius 3 is 3.28 bits per heavy atom. The fourth-order valence-corrected chi connectivity index (χ4v) is 2.35. The molecular formula is C13H16N4O. The number of likely N-dealkylation sites (N-methyl/N-ethyl adjacent to an activating group) is 1. The Morgan fingerprint density at radius 1 is 1.72 bits per heavy atom. The molecule has 0 radical (unpaired) electrons. The van der Waals surface area contributed by atoms with E-state index in [9.17, 15) is 4.79 Å². The van der Waals surface area contributed by atoms with Crippen LogP contribution in [0.25, 0.3) is 0 Å². The van der Waals surface area contributed by atoms with E-state index in [1.54, 1.807) is 19.3 Å². The lowest BCUT2D eigenvalue weighted by Crippen LogP contribution is -2.41. The quantitative estimate of drug-likeness (QED) is 0.848. The highest BCUT2D eigenvalue weighted by Crippen LogP contribution is 2.20. The van der Waals surface area contributed by atoms with Gasteiger partial charge in [0, 0.05) is 19.8 Å². The molecule has 1 N–H and O–H groups in total. The molecule has 2 rings (SSSR count). The number of hydrogen-bond donors (Lipinski definition) is 1. The Labute approximate surface area is 106 Å². The van der Waals surface area contributed by atoms with Crippen LogP contribution in [0.1, 0.15) is 24.1 Å². The smallest absolute Gasteiger partial charge is 0.237 e. The summed E-state index contributed by atoms with van der Waals surface area (Å²) in [5.74, 6) is 0.0714. The van der Waals surface area contributed by atoms with Crippen molar-refractivity contribution in [1.82, 2.24) is 15.2 Å². The van der Waals surface area contributed by atoms with Gasteiger partial charge in [0.05, 0.1) is 6.04 Å². The second-order valence-electron chi connectivity index (χ2n) is 4.40. The van der Waals surface area contributed by atoms with Gasteiger partial charge >= 0.3 is 0 Å². The molecule has 0 aliphatic carbocycles. The van der Waals surface area contributed by atoms with Crippen molar-refractivity contribution in [3.63, 3.8) is 0 Å². The molecule has 1 aromatic rings. The maximum atomic E-state index is 11.7. The molecule has 1 aromatic heterocycles. The number of carbonyl (C=O) groups is 1. The Morgan fingerprint density at radius 2 is 2.56 bits per heavy atom. The molecule has 1 aliphatic heterocycles. The van der Waals surface area contributed by atoms with E-state index < -0.39 is 0 Å². The molecule has 0 saturated carbocycles. The van der Waals surface area contributed by atoms with Crippen molar-refractivity contribution in [2.75, 3.05) is 13.6 Å². The molecule has 94 valence electrons. The number of nitriles is 1. The first-order valence-corrected chi connectivity index (χ1v) is 6.05. The highest BCUT2D eigenvalue weighted by atomic mass is 16.2. The van der Waals surface area contributed by atoms with Crippen LogP contribution in [0, 0.1) is 11.3 Å². The number of amides is 1. The monoisotopic (exact) mass is 244 g/mol. The van der Waals surface area contributed by atoms with Crippen LogP contribution in [0.15, 0.2) is 18.3 Å². The zero-order chi connectivity index (χ0) is 13.0. The first-order chi connectivity index (χ1) is 8.74. The Balaban J connectivity index is 2.08. The minimum absolute atomic E-state index is 0.0475. The Bertz CT molecular complexity index is 480. The first kappa shape index (κ1) is 12.5. The van der Waals surface area contributed by atoms with E-state index in [4.69, 9.17) is 5.26 Å². The van der Waals surface area contributed by atoms with E-state index >= 15 is 0 Å². The van der Waals surface area contributed by atoms with Crippen LogP contribution in [0.4, 0.5) is 0 Å². The van der Waals surface area contributed by atoms with Gasteiger partial charge in [0.15, 0.2) is 0 Å². The van der Waals surface area contributed by atoms with Crippen molar-refractivity contribution >= 4 is 5.91 Å². The predicted molar refractivity (Wildman–Crippen MR) is 66.5 cm³/mol. The van der Waals surface area contributed by atoms with Crippen molar-refractivity contribution in [2.45, 2.75) is 25.4 Å². The van der Waals surface area contributed by atoms with Crippen LogP contribution in [0.2, 0.25) is 0 Å². The Kier molecular flexibility index (Phi) is 3.90. The van der Waals surface area contributed by atoms with Crippen molar-refractivity contribution < 1.29 is 4.79 Å². The van der Waals surface area contributed by atoms with Crippen LogP contribution < -0.4 is 5.32 Å². The van der Waals surface area contributed by atoms with E-state index in [0.717, 1.165) is 24.9 Å². The first-order valence-electron chi connectivity index (χ1n) is 6.05. The van der Waals surface area contributed by atoms with Crippen molar-refractivity contribution in [1.29, 1.82) is 5.26 Å². The summed E-state index contributed by atoms with van der Waals surface area (Å²) in [5, 5.41) is 11.5. The van der Waals surface area contributed by atoms with Gasteiger partial charge in [0.25, 0.3) is 0 Å².